The second kappa shape index (κ2) is 8.30. The van der Waals surface area contributed by atoms with Gasteiger partial charge in [-0.3, -0.25) is 14.5 Å². The Labute approximate surface area is 182 Å². The van der Waals surface area contributed by atoms with Crippen molar-refractivity contribution in [1.29, 1.82) is 0 Å². The van der Waals surface area contributed by atoms with Crippen molar-refractivity contribution in [3.63, 3.8) is 0 Å². The third-order valence-corrected chi connectivity index (χ3v) is 5.34. The molecule has 0 aromatic heterocycles. The van der Waals surface area contributed by atoms with Gasteiger partial charge >= 0.3 is 5.97 Å². The highest BCUT2D eigenvalue weighted by molar-refractivity contribution is 6.35. The van der Waals surface area contributed by atoms with Crippen molar-refractivity contribution in [3.8, 4) is 0 Å². The lowest BCUT2D eigenvalue weighted by Crippen LogP contribution is -2.29. The monoisotopic (exact) mass is 439 g/mol. The predicted molar refractivity (Wildman–Crippen MR) is 113 cm³/mol. The average Bonchev–Trinajstić information content (AvgIpc) is 2.98. The van der Waals surface area contributed by atoms with Gasteiger partial charge in [0.15, 0.2) is 0 Å². The molecule has 30 heavy (non-hydrogen) atoms. The minimum atomic E-state index is -0.537. The maximum absolute atomic E-state index is 12.5. The van der Waals surface area contributed by atoms with Crippen molar-refractivity contribution < 1.29 is 19.1 Å². The van der Waals surface area contributed by atoms with E-state index in [1.807, 2.05) is 0 Å². The maximum Gasteiger partial charge on any atom is 0.338 e. The number of carbonyl (C=O) groups is 3. The Kier molecular flexibility index (Phi) is 5.57. The fourth-order valence-electron chi connectivity index (χ4n) is 3.23. The molecule has 3 aromatic carbocycles. The van der Waals surface area contributed by atoms with Crippen molar-refractivity contribution in [3.05, 3.63) is 105 Å². The van der Waals surface area contributed by atoms with Crippen LogP contribution in [0, 0.1) is 0 Å². The summed E-state index contributed by atoms with van der Waals surface area (Å²) in [5, 5.41) is 0.908. The summed E-state index contributed by atoms with van der Waals surface area (Å²) in [6, 6.07) is 18.3. The van der Waals surface area contributed by atoms with Gasteiger partial charge in [0.2, 0.25) is 0 Å². The number of imide groups is 1. The van der Waals surface area contributed by atoms with E-state index in [4.69, 9.17) is 27.9 Å². The van der Waals surface area contributed by atoms with Crippen LogP contribution in [0.1, 0.15) is 42.2 Å². The van der Waals surface area contributed by atoms with Crippen LogP contribution in [0.4, 0.5) is 0 Å². The molecule has 0 fully saturated rings. The first-order valence-corrected chi connectivity index (χ1v) is 9.85. The van der Waals surface area contributed by atoms with Gasteiger partial charge in [-0.2, -0.15) is 0 Å². The zero-order valence-electron chi connectivity index (χ0n) is 15.6. The fraction of sp³-hybridized carbons (Fsp3) is 0.0870. The molecule has 1 aliphatic heterocycles. The number of esters is 1. The molecule has 5 nitrogen and oxygen atoms in total. The van der Waals surface area contributed by atoms with Gasteiger partial charge in [-0.25, -0.2) is 4.79 Å². The molecule has 4 rings (SSSR count). The van der Waals surface area contributed by atoms with Crippen LogP contribution in [0.3, 0.4) is 0 Å². The van der Waals surface area contributed by atoms with E-state index in [9.17, 15) is 14.4 Å². The van der Waals surface area contributed by atoms with Crippen molar-refractivity contribution in [1.82, 2.24) is 4.90 Å². The fourth-order valence-corrected chi connectivity index (χ4v) is 3.69. The van der Waals surface area contributed by atoms with Gasteiger partial charge in [0.1, 0.15) is 6.61 Å². The van der Waals surface area contributed by atoms with Crippen LogP contribution in [0.2, 0.25) is 10.0 Å². The Balaban J connectivity index is 1.46. The zero-order valence-corrected chi connectivity index (χ0v) is 17.1. The largest absolute Gasteiger partial charge is 0.457 e. The van der Waals surface area contributed by atoms with E-state index in [1.54, 1.807) is 66.7 Å². The molecule has 0 saturated heterocycles. The summed E-state index contributed by atoms with van der Waals surface area (Å²) >= 11 is 12.0. The highest BCUT2D eigenvalue weighted by Crippen LogP contribution is 2.25. The van der Waals surface area contributed by atoms with Crippen LogP contribution < -0.4 is 0 Å². The number of carbonyl (C=O) groups excluding carboxylic acids is 3. The van der Waals surface area contributed by atoms with E-state index in [1.165, 1.54) is 4.90 Å². The van der Waals surface area contributed by atoms with Crippen molar-refractivity contribution >= 4 is 41.0 Å². The first-order valence-electron chi connectivity index (χ1n) is 9.09. The van der Waals surface area contributed by atoms with Gasteiger partial charge in [-0.05, 0) is 42.0 Å². The Hall–Kier alpha value is -3.15. The van der Waals surface area contributed by atoms with Crippen LogP contribution in [-0.4, -0.2) is 22.7 Å². The van der Waals surface area contributed by atoms with Gasteiger partial charge in [-0.15, -0.1) is 0 Å². The number of fused-ring (bicyclic) bond motifs is 1. The summed E-state index contributed by atoms with van der Waals surface area (Å²) in [5.74, 6) is -1.23. The van der Waals surface area contributed by atoms with Gasteiger partial charge in [0, 0.05) is 15.6 Å². The molecular formula is C23H15Cl2NO4. The lowest BCUT2D eigenvalue weighted by molar-refractivity contribution is 0.0472. The third kappa shape index (κ3) is 3.95. The van der Waals surface area contributed by atoms with Gasteiger partial charge in [-0.1, -0.05) is 53.5 Å². The lowest BCUT2D eigenvalue weighted by Gasteiger charge is -2.14. The van der Waals surface area contributed by atoms with Crippen molar-refractivity contribution in [2.24, 2.45) is 0 Å². The second-order valence-electron chi connectivity index (χ2n) is 6.75. The summed E-state index contributed by atoms with van der Waals surface area (Å²) < 4.78 is 5.34. The molecule has 2 amide bonds. The van der Waals surface area contributed by atoms with E-state index < -0.39 is 5.97 Å². The number of amides is 2. The topological polar surface area (TPSA) is 63.7 Å². The molecule has 150 valence electrons. The standard InChI is InChI=1S/C23H15Cl2NO4/c24-17-9-8-16(20(25)11-17)13-30-23(29)15-5-3-4-14(10-15)12-26-21(27)18-6-1-2-7-19(18)22(26)28/h1-11H,12-13H2. The van der Waals surface area contributed by atoms with Crippen LogP contribution in [0.5, 0.6) is 0 Å². The maximum atomic E-state index is 12.5. The SMILES string of the molecule is O=C(OCc1ccc(Cl)cc1Cl)c1cccc(CN2C(=O)c3ccccc3C2=O)c1. The molecule has 0 saturated carbocycles. The molecule has 0 spiro atoms. The van der Waals surface area contributed by atoms with Crippen molar-refractivity contribution in [2.45, 2.75) is 13.2 Å². The molecule has 0 radical (unpaired) electrons. The smallest absolute Gasteiger partial charge is 0.338 e. The normalized spacial score (nSPS) is 12.8. The van der Waals surface area contributed by atoms with E-state index in [2.05, 4.69) is 0 Å². The number of hydrogen-bond donors (Lipinski definition) is 0. The molecule has 1 aliphatic rings. The number of nitrogens with zero attached hydrogens (tertiary/aromatic N) is 1. The minimum absolute atomic E-state index is 0.00251. The van der Waals surface area contributed by atoms with E-state index in [0.29, 0.717) is 37.9 Å². The highest BCUT2D eigenvalue weighted by Gasteiger charge is 2.35. The number of rotatable bonds is 5. The molecule has 1 heterocycles. The summed E-state index contributed by atoms with van der Waals surface area (Å²) in [5.41, 5.74) is 2.37. The number of halogens is 2. The van der Waals surface area contributed by atoms with Gasteiger partial charge in [0.25, 0.3) is 11.8 Å². The molecule has 0 bridgehead atoms. The second-order valence-corrected chi connectivity index (χ2v) is 7.60. The number of hydrogen-bond acceptors (Lipinski definition) is 4. The molecule has 0 N–H and O–H groups in total. The molecular weight excluding hydrogens is 425 g/mol. The molecule has 0 unspecified atom stereocenters. The molecule has 3 aromatic rings. The zero-order chi connectivity index (χ0) is 21.3. The highest BCUT2D eigenvalue weighted by atomic mass is 35.5. The Morgan fingerprint density at radius 2 is 1.57 bits per heavy atom. The Morgan fingerprint density at radius 1 is 0.867 bits per heavy atom. The van der Waals surface area contributed by atoms with Crippen molar-refractivity contribution in [2.75, 3.05) is 0 Å². The average molecular weight is 440 g/mol. The third-order valence-electron chi connectivity index (χ3n) is 4.76. The first-order chi connectivity index (χ1) is 14.4. The van der Waals surface area contributed by atoms with Gasteiger partial charge in [0.05, 0.1) is 23.2 Å². The summed E-state index contributed by atoms with van der Waals surface area (Å²) in [4.78, 5) is 38.7. The quantitative estimate of drug-likeness (QED) is 0.407. The molecule has 0 aliphatic carbocycles. The van der Waals surface area contributed by atoms with E-state index in [-0.39, 0.29) is 25.0 Å². The lowest BCUT2D eigenvalue weighted by atomic mass is 10.1. The van der Waals surface area contributed by atoms with E-state index >= 15 is 0 Å². The summed E-state index contributed by atoms with van der Waals surface area (Å²) in [6.45, 7) is 0.0634. The van der Waals surface area contributed by atoms with Crippen LogP contribution >= 0.6 is 23.2 Å². The molecule has 0 atom stereocenters. The van der Waals surface area contributed by atoms with Crippen LogP contribution in [0.15, 0.2) is 66.7 Å². The Bertz CT molecular complexity index is 1140. The Morgan fingerprint density at radius 3 is 2.23 bits per heavy atom. The van der Waals surface area contributed by atoms with E-state index in [0.717, 1.165) is 0 Å². The number of benzene rings is 3. The van der Waals surface area contributed by atoms with Gasteiger partial charge < -0.3 is 4.74 Å². The first kappa shape index (κ1) is 20.1. The van der Waals surface area contributed by atoms with Crippen LogP contribution in [-0.2, 0) is 17.9 Å². The minimum Gasteiger partial charge on any atom is -0.457 e. The predicted octanol–water partition coefficient (Wildman–Crippen LogP) is 5.15. The summed E-state index contributed by atoms with van der Waals surface area (Å²) in [7, 11) is 0. The summed E-state index contributed by atoms with van der Waals surface area (Å²) in [6.07, 6.45) is 0. The van der Waals surface area contributed by atoms with Crippen LogP contribution in [0.25, 0.3) is 0 Å². The number of ether oxygens (including phenoxy) is 1. The molecule has 7 heteroatoms.